The lowest BCUT2D eigenvalue weighted by molar-refractivity contribution is 0.104. The number of nitrogens with one attached hydrogen (secondary N) is 1. The van der Waals surface area contributed by atoms with Crippen LogP contribution in [-0.2, 0) is 0 Å². The van der Waals surface area contributed by atoms with E-state index < -0.39 is 0 Å². The van der Waals surface area contributed by atoms with Gasteiger partial charge in [0.25, 0.3) is 0 Å². The first-order valence-electron chi connectivity index (χ1n) is 8.44. The normalized spacial score (nSPS) is 34.3. The molecule has 1 heteroatoms. The molecule has 2 aliphatic rings. The van der Waals surface area contributed by atoms with Gasteiger partial charge in [-0.15, -0.1) is 0 Å². The van der Waals surface area contributed by atoms with E-state index in [9.17, 15) is 0 Å². The minimum absolute atomic E-state index is 0.790. The first-order chi connectivity index (χ1) is 8.70. The zero-order valence-electron chi connectivity index (χ0n) is 12.8. The summed E-state index contributed by atoms with van der Waals surface area (Å²) in [6, 6.07) is 0.790. The fourth-order valence-electron chi connectivity index (χ4n) is 4.49. The Bertz CT molecular complexity index is 236. The van der Waals surface area contributed by atoms with Gasteiger partial charge in [-0.25, -0.2) is 0 Å². The molecular weight excluding hydrogens is 218 g/mol. The summed E-state index contributed by atoms with van der Waals surface area (Å²) in [5.41, 5.74) is 0. The van der Waals surface area contributed by atoms with Crippen LogP contribution in [0.3, 0.4) is 0 Å². The fraction of sp³-hybridized carbons (Fsp3) is 1.00. The predicted octanol–water partition coefficient (Wildman–Crippen LogP) is 4.62. The van der Waals surface area contributed by atoms with Crippen molar-refractivity contribution in [1.29, 1.82) is 0 Å². The molecule has 0 aromatic heterocycles. The van der Waals surface area contributed by atoms with Gasteiger partial charge >= 0.3 is 0 Å². The van der Waals surface area contributed by atoms with E-state index in [1.807, 2.05) is 0 Å². The summed E-state index contributed by atoms with van der Waals surface area (Å²) in [7, 11) is 0. The number of hydrogen-bond donors (Lipinski definition) is 1. The molecule has 2 fully saturated rings. The van der Waals surface area contributed by atoms with Crippen LogP contribution < -0.4 is 5.32 Å². The van der Waals surface area contributed by atoms with E-state index in [4.69, 9.17) is 0 Å². The van der Waals surface area contributed by atoms with Gasteiger partial charge in [-0.05, 0) is 55.9 Å². The highest BCUT2D eigenvalue weighted by Gasteiger charge is 2.35. The van der Waals surface area contributed by atoms with Crippen molar-refractivity contribution in [3.8, 4) is 0 Å². The van der Waals surface area contributed by atoms with Gasteiger partial charge in [-0.2, -0.15) is 0 Å². The van der Waals surface area contributed by atoms with Gasteiger partial charge in [-0.1, -0.05) is 46.5 Å². The maximum atomic E-state index is 3.78. The highest BCUT2D eigenvalue weighted by atomic mass is 14.9. The first-order valence-corrected chi connectivity index (χ1v) is 8.44. The Labute approximate surface area is 114 Å². The molecule has 0 heterocycles. The molecule has 4 atom stereocenters. The third-order valence-electron chi connectivity index (χ3n) is 5.34. The quantitative estimate of drug-likeness (QED) is 0.752. The van der Waals surface area contributed by atoms with Crippen molar-refractivity contribution in [2.24, 2.45) is 23.7 Å². The maximum Gasteiger partial charge on any atom is 0.00977 e. The minimum atomic E-state index is 0.790. The van der Waals surface area contributed by atoms with Crippen LogP contribution in [0.2, 0.25) is 0 Å². The zero-order valence-corrected chi connectivity index (χ0v) is 12.8. The molecule has 0 aliphatic heterocycles. The summed E-state index contributed by atoms with van der Waals surface area (Å²) in [5.74, 6) is 3.96. The molecule has 2 aliphatic carbocycles. The molecule has 18 heavy (non-hydrogen) atoms. The van der Waals surface area contributed by atoms with Gasteiger partial charge < -0.3 is 5.32 Å². The van der Waals surface area contributed by atoms with Crippen LogP contribution in [0.5, 0.6) is 0 Å². The van der Waals surface area contributed by atoms with E-state index in [2.05, 4.69) is 26.1 Å². The summed E-state index contributed by atoms with van der Waals surface area (Å²) in [4.78, 5) is 0. The van der Waals surface area contributed by atoms with E-state index in [1.54, 1.807) is 0 Å². The third-order valence-corrected chi connectivity index (χ3v) is 5.34. The van der Waals surface area contributed by atoms with Gasteiger partial charge in [-0.3, -0.25) is 0 Å². The molecular formula is C17H33N. The van der Waals surface area contributed by atoms with Crippen molar-refractivity contribution in [2.45, 2.75) is 78.2 Å². The van der Waals surface area contributed by atoms with Crippen LogP contribution in [0.25, 0.3) is 0 Å². The molecule has 0 bridgehead atoms. The van der Waals surface area contributed by atoms with Crippen molar-refractivity contribution < 1.29 is 0 Å². The smallest absolute Gasteiger partial charge is 0.00977 e. The largest absolute Gasteiger partial charge is 0.314 e. The maximum absolute atomic E-state index is 3.78. The Morgan fingerprint density at radius 3 is 2.39 bits per heavy atom. The van der Waals surface area contributed by atoms with Gasteiger partial charge in [0.1, 0.15) is 0 Å². The molecule has 106 valence electrons. The van der Waals surface area contributed by atoms with E-state index in [0.717, 1.165) is 36.3 Å². The highest BCUT2D eigenvalue weighted by molar-refractivity contribution is 4.88. The van der Waals surface area contributed by atoms with Crippen LogP contribution in [0, 0.1) is 23.7 Å². The van der Waals surface area contributed by atoms with Crippen molar-refractivity contribution in [2.75, 3.05) is 6.54 Å². The van der Waals surface area contributed by atoms with Crippen LogP contribution in [0.4, 0.5) is 0 Å². The van der Waals surface area contributed by atoms with E-state index in [1.165, 1.54) is 51.4 Å². The van der Waals surface area contributed by atoms with Gasteiger partial charge in [0.05, 0.1) is 0 Å². The summed E-state index contributed by atoms with van der Waals surface area (Å²) in [6.45, 7) is 8.15. The summed E-state index contributed by atoms with van der Waals surface area (Å²) in [6.07, 6.45) is 12.0. The SMILES string of the molecule is CCNC(CC(C)C)C1CCC2CCCCC2C1. The summed E-state index contributed by atoms with van der Waals surface area (Å²) >= 11 is 0. The Morgan fingerprint density at radius 1 is 1.00 bits per heavy atom. The van der Waals surface area contributed by atoms with Gasteiger partial charge in [0, 0.05) is 6.04 Å². The Hall–Kier alpha value is -0.0400. The molecule has 0 saturated heterocycles. The lowest BCUT2D eigenvalue weighted by Crippen LogP contribution is -2.41. The molecule has 0 spiro atoms. The molecule has 2 saturated carbocycles. The van der Waals surface area contributed by atoms with Crippen molar-refractivity contribution in [3.05, 3.63) is 0 Å². The van der Waals surface area contributed by atoms with Crippen LogP contribution in [0.15, 0.2) is 0 Å². The van der Waals surface area contributed by atoms with E-state index in [-0.39, 0.29) is 0 Å². The Kier molecular flexibility index (Phi) is 5.54. The standard InChI is InChI=1S/C17H33N/c1-4-18-17(11-13(2)3)16-10-9-14-7-5-6-8-15(14)12-16/h13-18H,4-12H2,1-3H3. The van der Waals surface area contributed by atoms with Gasteiger partial charge in [0.2, 0.25) is 0 Å². The van der Waals surface area contributed by atoms with Gasteiger partial charge in [0.15, 0.2) is 0 Å². The molecule has 0 aromatic carbocycles. The van der Waals surface area contributed by atoms with E-state index >= 15 is 0 Å². The fourth-order valence-corrected chi connectivity index (χ4v) is 4.49. The van der Waals surface area contributed by atoms with Crippen molar-refractivity contribution in [1.82, 2.24) is 5.32 Å². The summed E-state index contributed by atoms with van der Waals surface area (Å²) < 4.78 is 0. The van der Waals surface area contributed by atoms with Crippen LogP contribution >= 0.6 is 0 Å². The molecule has 4 unspecified atom stereocenters. The molecule has 0 aromatic rings. The number of fused-ring (bicyclic) bond motifs is 1. The lowest BCUT2D eigenvalue weighted by atomic mass is 9.65. The molecule has 2 rings (SSSR count). The molecule has 0 amide bonds. The van der Waals surface area contributed by atoms with Crippen molar-refractivity contribution in [3.63, 3.8) is 0 Å². The number of hydrogen-bond acceptors (Lipinski definition) is 1. The Morgan fingerprint density at radius 2 is 1.72 bits per heavy atom. The Balaban J connectivity index is 1.90. The topological polar surface area (TPSA) is 12.0 Å². The molecule has 0 radical (unpaired) electrons. The van der Waals surface area contributed by atoms with Crippen molar-refractivity contribution >= 4 is 0 Å². The van der Waals surface area contributed by atoms with Crippen LogP contribution in [-0.4, -0.2) is 12.6 Å². The summed E-state index contributed by atoms with van der Waals surface area (Å²) in [5, 5.41) is 3.78. The minimum Gasteiger partial charge on any atom is -0.314 e. The average molecular weight is 251 g/mol. The highest BCUT2D eigenvalue weighted by Crippen LogP contribution is 2.44. The predicted molar refractivity (Wildman–Crippen MR) is 79.7 cm³/mol. The third kappa shape index (κ3) is 3.73. The number of rotatable bonds is 5. The monoisotopic (exact) mass is 251 g/mol. The molecule has 1 nitrogen and oxygen atoms in total. The second kappa shape index (κ2) is 6.93. The average Bonchev–Trinajstić information content (AvgIpc) is 2.37. The zero-order chi connectivity index (χ0) is 13.0. The second-order valence-electron chi connectivity index (χ2n) is 7.17. The first kappa shape index (κ1) is 14.4. The molecule has 1 N–H and O–H groups in total. The van der Waals surface area contributed by atoms with E-state index in [0.29, 0.717) is 0 Å². The lowest BCUT2D eigenvalue weighted by Gasteiger charge is -2.42. The van der Waals surface area contributed by atoms with Crippen LogP contribution in [0.1, 0.15) is 72.1 Å². The second-order valence-corrected chi connectivity index (χ2v) is 7.17.